The summed E-state index contributed by atoms with van der Waals surface area (Å²) in [5.41, 5.74) is 4.11. The van der Waals surface area contributed by atoms with E-state index >= 15 is 0 Å². The number of pyridine rings is 1. The lowest BCUT2D eigenvalue weighted by Gasteiger charge is -2.34. The maximum atomic E-state index is 5.08. The molecule has 1 unspecified atom stereocenters. The van der Waals surface area contributed by atoms with Crippen LogP contribution in [0.1, 0.15) is 55.3 Å². The molecule has 25 heavy (non-hydrogen) atoms. The Morgan fingerprint density at radius 1 is 1.08 bits per heavy atom. The van der Waals surface area contributed by atoms with Crippen LogP contribution in [0.15, 0.2) is 42.5 Å². The van der Waals surface area contributed by atoms with Crippen LogP contribution in [0.4, 0.5) is 5.82 Å². The van der Waals surface area contributed by atoms with Gasteiger partial charge in [0.15, 0.2) is 0 Å². The van der Waals surface area contributed by atoms with Crippen LogP contribution in [-0.4, -0.2) is 29.5 Å². The van der Waals surface area contributed by atoms with Crippen LogP contribution in [0.5, 0.6) is 0 Å². The maximum Gasteiger partial charge on any atom is 0.128 e. The number of nitrogens with zero attached hydrogens (tertiary/aromatic N) is 3. The second-order valence-corrected chi connectivity index (χ2v) is 7.82. The molecule has 1 atom stereocenters. The molecule has 1 aliphatic heterocycles. The Morgan fingerprint density at radius 3 is 2.60 bits per heavy atom. The number of rotatable bonds is 4. The summed E-state index contributed by atoms with van der Waals surface area (Å²) in [5, 5.41) is 0. The molecular weight excluding hydrogens is 306 g/mol. The van der Waals surface area contributed by atoms with Gasteiger partial charge in [0, 0.05) is 38.6 Å². The Morgan fingerprint density at radius 2 is 1.84 bits per heavy atom. The van der Waals surface area contributed by atoms with Gasteiger partial charge in [0.1, 0.15) is 5.82 Å². The van der Waals surface area contributed by atoms with Crippen molar-refractivity contribution in [1.82, 2.24) is 9.88 Å². The van der Waals surface area contributed by atoms with Gasteiger partial charge in [-0.25, -0.2) is 4.98 Å². The summed E-state index contributed by atoms with van der Waals surface area (Å²) in [6.07, 6.45) is 5.36. The fourth-order valence-corrected chi connectivity index (χ4v) is 4.47. The molecule has 132 valence electrons. The molecule has 4 rings (SSSR count). The van der Waals surface area contributed by atoms with E-state index in [0.29, 0.717) is 12.0 Å². The van der Waals surface area contributed by atoms with Crippen LogP contribution < -0.4 is 4.90 Å². The van der Waals surface area contributed by atoms with Gasteiger partial charge in [-0.1, -0.05) is 56.2 Å². The van der Waals surface area contributed by atoms with Crippen molar-refractivity contribution < 1.29 is 0 Å². The molecule has 0 radical (unpaired) electrons. The van der Waals surface area contributed by atoms with Crippen LogP contribution in [0, 0.1) is 0 Å². The molecule has 0 amide bonds. The van der Waals surface area contributed by atoms with Crippen LogP contribution in [0.25, 0.3) is 0 Å². The van der Waals surface area contributed by atoms with E-state index in [1.54, 1.807) is 0 Å². The highest BCUT2D eigenvalue weighted by molar-refractivity contribution is 5.44. The third-order valence-corrected chi connectivity index (χ3v) is 5.87. The van der Waals surface area contributed by atoms with Gasteiger partial charge in [0.2, 0.25) is 0 Å². The van der Waals surface area contributed by atoms with E-state index in [4.69, 9.17) is 4.98 Å². The summed E-state index contributed by atoms with van der Waals surface area (Å²) in [7, 11) is 2.22. The van der Waals surface area contributed by atoms with Gasteiger partial charge in [-0.15, -0.1) is 0 Å². The zero-order valence-electron chi connectivity index (χ0n) is 15.5. The first-order chi connectivity index (χ1) is 12.2. The lowest BCUT2D eigenvalue weighted by molar-refractivity contribution is 0.224. The Balaban J connectivity index is 1.50. The molecule has 1 fully saturated rings. The van der Waals surface area contributed by atoms with E-state index in [1.165, 1.54) is 42.5 Å². The molecular formula is C22H29N3. The van der Waals surface area contributed by atoms with Crippen molar-refractivity contribution in [2.45, 2.75) is 57.7 Å². The zero-order chi connectivity index (χ0) is 17.2. The van der Waals surface area contributed by atoms with Crippen LogP contribution in [-0.2, 0) is 13.1 Å². The van der Waals surface area contributed by atoms with Gasteiger partial charge < -0.3 is 4.90 Å². The standard InChI is InChI=1S/C22H29N3/c1-17-14-25(15-18-8-4-3-5-9-18)16-19-12-13-21(23-22(17)19)24(2)20-10-6-7-11-20/h3-5,8-9,12-13,17,20H,6-7,10-11,14-16H2,1-2H3. The Kier molecular flexibility index (Phi) is 4.76. The van der Waals surface area contributed by atoms with Crippen LogP contribution >= 0.6 is 0 Å². The molecule has 1 aliphatic carbocycles. The minimum atomic E-state index is 0.490. The molecule has 0 bridgehead atoms. The summed E-state index contributed by atoms with van der Waals surface area (Å²) in [6.45, 7) is 5.44. The summed E-state index contributed by atoms with van der Waals surface area (Å²) in [4.78, 5) is 10.0. The minimum absolute atomic E-state index is 0.490. The van der Waals surface area contributed by atoms with Gasteiger partial charge in [-0.3, -0.25) is 4.90 Å². The molecule has 0 N–H and O–H groups in total. The highest BCUT2D eigenvalue weighted by atomic mass is 15.2. The van der Waals surface area contributed by atoms with Crippen molar-refractivity contribution in [3.63, 3.8) is 0 Å². The fourth-order valence-electron chi connectivity index (χ4n) is 4.47. The maximum absolute atomic E-state index is 5.08. The number of fused-ring (bicyclic) bond motifs is 1. The molecule has 1 aromatic heterocycles. The second kappa shape index (κ2) is 7.17. The highest BCUT2D eigenvalue weighted by Gasteiger charge is 2.26. The monoisotopic (exact) mass is 335 g/mol. The van der Waals surface area contributed by atoms with Crippen LogP contribution in [0.2, 0.25) is 0 Å². The number of benzene rings is 1. The van der Waals surface area contributed by atoms with Gasteiger partial charge in [0.25, 0.3) is 0 Å². The second-order valence-electron chi connectivity index (χ2n) is 7.82. The number of aromatic nitrogens is 1. The first-order valence-corrected chi connectivity index (χ1v) is 9.69. The zero-order valence-corrected chi connectivity index (χ0v) is 15.5. The lowest BCUT2D eigenvalue weighted by Crippen LogP contribution is -2.34. The average molecular weight is 335 g/mol. The van der Waals surface area contributed by atoms with E-state index in [1.807, 2.05) is 0 Å². The van der Waals surface area contributed by atoms with Crippen molar-refractivity contribution in [1.29, 1.82) is 0 Å². The van der Waals surface area contributed by atoms with E-state index in [2.05, 4.69) is 66.2 Å². The van der Waals surface area contributed by atoms with Gasteiger partial charge in [-0.05, 0) is 30.0 Å². The Hall–Kier alpha value is -1.87. The molecule has 2 heterocycles. The quantitative estimate of drug-likeness (QED) is 0.815. The topological polar surface area (TPSA) is 19.4 Å². The molecule has 0 spiro atoms. The molecule has 1 aromatic carbocycles. The van der Waals surface area contributed by atoms with Gasteiger partial charge in [-0.2, -0.15) is 0 Å². The largest absolute Gasteiger partial charge is 0.357 e. The summed E-state index contributed by atoms with van der Waals surface area (Å²) < 4.78 is 0. The van der Waals surface area contributed by atoms with E-state index in [0.717, 1.165) is 25.5 Å². The normalized spacial score (nSPS) is 21.3. The SMILES string of the molecule is CC1CN(Cc2ccccc2)Cc2ccc(N(C)C3CCCC3)nc21. The first-order valence-electron chi connectivity index (χ1n) is 9.69. The third kappa shape index (κ3) is 3.57. The minimum Gasteiger partial charge on any atom is -0.357 e. The fraction of sp³-hybridized carbons (Fsp3) is 0.500. The van der Waals surface area contributed by atoms with Crippen molar-refractivity contribution >= 4 is 5.82 Å². The third-order valence-electron chi connectivity index (χ3n) is 5.87. The van der Waals surface area contributed by atoms with E-state index in [9.17, 15) is 0 Å². The number of hydrogen-bond acceptors (Lipinski definition) is 3. The van der Waals surface area contributed by atoms with Crippen LogP contribution in [0.3, 0.4) is 0 Å². The van der Waals surface area contributed by atoms with Crippen molar-refractivity contribution in [2.24, 2.45) is 0 Å². The van der Waals surface area contributed by atoms with Crippen molar-refractivity contribution in [3.05, 3.63) is 59.3 Å². The lowest BCUT2D eigenvalue weighted by atomic mass is 9.95. The molecule has 1 saturated carbocycles. The molecule has 3 nitrogen and oxygen atoms in total. The summed E-state index contributed by atoms with van der Waals surface area (Å²) in [5.74, 6) is 1.65. The molecule has 3 heteroatoms. The molecule has 2 aliphatic rings. The van der Waals surface area contributed by atoms with E-state index in [-0.39, 0.29) is 0 Å². The van der Waals surface area contributed by atoms with Crippen molar-refractivity contribution in [2.75, 3.05) is 18.5 Å². The summed E-state index contributed by atoms with van der Waals surface area (Å²) >= 11 is 0. The van der Waals surface area contributed by atoms with E-state index < -0.39 is 0 Å². The predicted octanol–water partition coefficient (Wildman–Crippen LogP) is 4.58. The average Bonchev–Trinajstić information content (AvgIpc) is 3.16. The Bertz CT molecular complexity index is 706. The number of anilines is 1. The molecule has 2 aromatic rings. The first kappa shape index (κ1) is 16.6. The molecule has 0 saturated heterocycles. The van der Waals surface area contributed by atoms with Crippen molar-refractivity contribution in [3.8, 4) is 0 Å². The Labute approximate surface area is 151 Å². The predicted molar refractivity (Wildman–Crippen MR) is 104 cm³/mol. The van der Waals surface area contributed by atoms with Gasteiger partial charge >= 0.3 is 0 Å². The highest BCUT2D eigenvalue weighted by Crippen LogP contribution is 2.31. The number of hydrogen-bond donors (Lipinski definition) is 0. The summed E-state index contributed by atoms with van der Waals surface area (Å²) in [6, 6.07) is 16.0. The van der Waals surface area contributed by atoms with Gasteiger partial charge in [0.05, 0.1) is 5.69 Å². The smallest absolute Gasteiger partial charge is 0.128 e.